The number of benzene rings is 3. The van der Waals surface area contributed by atoms with Crippen molar-refractivity contribution in [2.75, 3.05) is 11.9 Å². The molecule has 0 saturated carbocycles. The SMILES string of the molecule is CC.CN(c1[c-]cccc1)c1[c-]cccc1.Cc1cc(C)cc(C)c1.[Y]. The quantitative estimate of drug-likeness (QED) is 0.418. The minimum atomic E-state index is 0. The molecule has 0 bridgehead atoms. The minimum Gasteiger partial charge on any atom is -0.391 e. The standard InChI is InChI=1S/C13H11N.C9H12.C2H6.Y/c1-14(12-8-4-2-5-9-12)13-10-6-3-7-11-13;1-7-4-8(2)6-9(3)5-7;1-2;/h2-8,10H,1H3;4-6H,1-3H3;1-2H3;/q-2;;;. The first-order valence-corrected chi connectivity index (χ1v) is 8.78. The third kappa shape index (κ3) is 8.78. The summed E-state index contributed by atoms with van der Waals surface area (Å²) in [6.07, 6.45) is 0. The van der Waals surface area contributed by atoms with Gasteiger partial charge in [-0.25, -0.2) is 0 Å². The third-order valence-corrected chi connectivity index (χ3v) is 3.47. The zero-order valence-electron chi connectivity index (χ0n) is 16.9. The van der Waals surface area contributed by atoms with Gasteiger partial charge < -0.3 is 4.90 Å². The summed E-state index contributed by atoms with van der Waals surface area (Å²) >= 11 is 0. The predicted octanol–water partition coefficient (Wildman–Crippen LogP) is 6.69. The Labute approximate surface area is 185 Å². The van der Waals surface area contributed by atoms with Gasteiger partial charge in [0, 0.05) is 39.8 Å². The summed E-state index contributed by atoms with van der Waals surface area (Å²) < 4.78 is 0. The summed E-state index contributed by atoms with van der Waals surface area (Å²) in [5, 5.41) is 0. The van der Waals surface area contributed by atoms with E-state index in [1.54, 1.807) is 0 Å². The second kappa shape index (κ2) is 13.7. The van der Waals surface area contributed by atoms with Crippen LogP contribution in [0.25, 0.3) is 0 Å². The molecule has 3 rings (SSSR count). The molecule has 0 fully saturated rings. The summed E-state index contributed by atoms with van der Waals surface area (Å²) in [6, 6.07) is 28.7. The van der Waals surface area contributed by atoms with Crippen molar-refractivity contribution in [2.24, 2.45) is 0 Å². The van der Waals surface area contributed by atoms with Gasteiger partial charge in [-0.05, 0) is 20.8 Å². The molecule has 0 aliphatic rings. The Kier molecular flexibility index (Phi) is 13.0. The number of aryl methyl sites for hydroxylation is 3. The monoisotopic (exact) mass is 420 g/mol. The van der Waals surface area contributed by atoms with Crippen LogP contribution >= 0.6 is 0 Å². The van der Waals surface area contributed by atoms with Gasteiger partial charge in [-0.15, -0.1) is 12.1 Å². The molecule has 0 N–H and O–H groups in total. The first-order valence-electron chi connectivity index (χ1n) is 8.78. The van der Waals surface area contributed by atoms with Gasteiger partial charge in [0.25, 0.3) is 0 Å². The molecule has 1 radical (unpaired) electrons. The van der Waals surface area contributed by atoms with Gasteiger partial charge in [-0.1, -0.05) is 60.1 Å². The van der Waals surface area contributed by atoms with Crippen LogP contribution in [-0.4, -0.2) is 7.05 Å². The van der Waals surface area contributed by atoms with Gasteiger partial charge in [0.1, 0.15) is 0 Å². The smallest absolute Gasteiger partial charge is 0.00724 e. The topological polar surface area (TPSA) is 3.24 Å². The second-order valence-corrected chi connectivity index (χ2v) is 5.72. The van der Waals surface area contributed by atoms with E-state index in [2.05, 4.69) is 56.0 Å². The Hall–Kier alpha value is -1.44. The molecule has 0 aliphatic carbocycles. The molecule has 1 nitrogen and oxygen atoms in total. The number of anilines is 2. The van der Waals surface area contributed by atoms with Crippen LogP contribution in [-0.2, 0) is 32.7 Å². The van der Waals surface area contributed by atoms with E-state index >= 15 is 0 Å². The molecule has 0 unspecified atom stereocenters. The van der Waals surface area contributed by atoms with Crippen LogP contribution in [0.1, 0.15) is 30.5 Å². The van der Waals surface area contributed by atoms with Crippen LogP contribution in [0, 0.1) is 32.9 Å². The molecule has 26 heavy (non-hydrogen) atoms. The van der Waals surface area contributed by atoms with Gasteiger partial charge in [-0.3, -0.25) is 0 Å². The number of hydrogen-bond donors (Lipinski definition) is 0. The van der Waals surface area contributed by atoms with E-state index in [4.69, 9.17) is 0 Å². The van der Waals surface area contributed by atoms with E-state index in [1.807, 2.05) is 69.4 Å². The van der Waals surface area contributed by atoms with Crippen LogP contribution < -0.4 is 4.90 Å². The Morgan fingerprint density at radius 2 is 1.00 bits per heavy atom. The molecule has 0 atom stereocenters. The summed E-state index contributed by atoms with van der Waals surface area (Å²) in [5.74, 6) is 0. The molecule has 0 aliphatic heterocycles. The van der Waals surface area contributed by atoms with Gasteiger partial charge in [0.2, 0.25) is 0 Å². The molecule has 2 heteroatoms. The molecule has 0 heterocycles. The predicted molar refractivity (Wildman–Crippen MR) is 111 cm³/mol. The summed E-state index contributed by atoms with van der Waals surface area (Å²) in [5.41, 5.74) is 6.16. The first-order chi connectivity index (χ1) is 12.1. The molecular weight excluding hydrogens is 391 g/mol. The maximum absolute atomic E-state index is 3.17. The zero-order valence-corrected chi connectivity index (χ0v) is 19.7. The number of rotatable bonds is 2. The van der Waals surface area contributed by atoms with Crippen molar-refractivity contribution >= 4 is 11.4 Å². The van der Waals surface area contributed by atoms with Gasteiger partial charge in [0.05, 0.1) is 0 Å². The number of nitrogens with zero attached hydrogens (tertiary/aromatic N) is 1. The van der Waals surface area contributed by atoms with E-state index in [0.29, 0.717) is 0 Å². The molecule has 0 saturated heterocycles. The molecule has 3 aromatic rings. The average Bonchev–Trinajstić information content (AvgIpc) is 2.64. The maximum atomic E-state index is 3.17. The molecular formula is C24H29NY-2. The Bertz CT molecular complexity index is 634. The Morgan fingerprint density at radius 1 is 0.654 bits per heavy atom. The van der Waals surface area contributed by atoms with Crippen molar-refractivity contribution in [1.82, 2.24) is 0 Å². The van der Waals surface area contributed by atoms with Gasteiger partial charge in [-0.2, -0.15) is 48.5 Å². The van der Waals surface area contributed by atoms with E-state index < -0.39 is 0 Å². The first kappa shape index (κ1) is 24.6. The molecule has 3 aromatic carbocycles. The summed E-state index contributed by atoms with van der Waals surface area (Å²) in [4.78, 5) is 2.06. The number of hydrogen-bond acceptors (Lipinski definition) is 1. The molecule has 0 spiro atoms. The van der Waals surface area contributed by atoms with Crippen molar-refractivity contribution in [3.8, 4) is 0 Å². The van der Waals surface area contributed by atoms with Crippen LogP contribution in [0.3, 0.4) is 0 Å². The number of para-hydroxylation sites is 2. The van der Waals surface area contributed by atoms with Crippen molar-refractivity contribution < 1.29 is 32.7 Å². The minimum absolute atomic E-state index is 0. The van der Waals surface area contributed by atoms with Crippen LogP contribution in [0.4, 0.5) is 11.4 Å². The van der Waals surface area contributed by atoms with Crippen LogP contribution in [0.15, 0.2) is 66.7 Å². The fraction of sp³-hybridized carbons (Fsp3) is 0.250. The summed E-state index contributed by atoms with van der Waals surface area (Å²) in [6.45, 7) is 10.4. The van der Waals surface area contributed by atoms with Crippen molar-refractivity contribution in [3.63, 3.8) is 0 Å². The largest absolute Gasteiger partial charge is 0.391 e. The van der Waals surface area contributed by atoms with Crippen LogP contribution in [0.5, 0.6) is 0 Å². The van der Waals surface area contributed by atoms with Gasteiger partial charge >= 0.3 is 0 Å². The van der Waals surface area contributed by atoms with Crippen LogP contribution in [0.2, 0.25) is 0 Å². The Morgan fingerprint density at radius 3 is 1.27 bits per heavy atom. The third-order valence-electron chi connectivity index (χ3n) is 3.47. The van der Waals surface area contributed by atoms with Crippen molar-refractivity contribution in [1.29, 1.82) is 0 Å². The molecule has 0 aromatic heterocycles. The average molecular weight is 420 g/mol. The van der Waals surface area contributed by atoms with Crippen molar-refractivity contribution in [3.05, 3.63) is 95.6 Å². The molecule has 0 amide bonds. The normalized spacial score (nSPS) is 8.85. The second-order valence-electron chi connectivity index (χ2n) is 5.72. The van der Waals surface area contributed by atoms with E-state index in [9.17, 15) is 0 Å². The summed E-state index contributed by atoms with van der Waals surface area (Å²) in [7, 11) is 2.01. The van der Waals surface area contributed by atoms with Crippen molar-refractivity contribution in [2.45, 2.75) is 34.6 Å². The fourth-order valence-corrected chi connectivity index (χ4v) is 2.52. The zero-order chi connectivity index (χ0) is 18.7. The fourth-order valence-electron chi connectivity index (χ4n) is 2.52. The van der Waals surface area contributed by atoms with Gasteiger partial charge in [0.15, 0.2) is 0 Å². The Balaban J connectivity index is 0.000000455. The van der Waals surface area contributed by atoms with E-state index in [0.717, 1.165) is 11.4 Å². The van der Waals surface area contributed by atoms with E-state index in [-0.39, 0.29) is 32.7 Å². The molecule has 135 valence electrons. The van der Waals surface area contributed by atoms with E-state index in [1.165, 1.54) is 16.7 Å². The maximum Gasteiger partial charge on any atom is 0.00724 e.